The molecule has 2 aromatic heterocycles. The summed E-state index contributed by atoms with van der Waals surface area (Å²) in [6.07, 6.45) is -1.48. The van der Waals surface area contributed by atoms with E-state index in [0.29, 0.717) is 0 Å². The molecule has 0 radical (unpaired) electrons. The van der Waals surface area contributed by atoms with Crippen LogP contribution in [0, 0.1) is 17.7 Å². The Kier molecular flexibility index (Phi) is 7.53. The number of methoxy groups -OCH3 is 1. The number of benzene rings is 1. The molecular formula is C26H28FN7O6. The van der Waals surface area contributed by atoms with Gasteiger partial charge in [-0.3, -0.25) is 14.2 Å². The quantitative estimate of drug-likeness (QED) is 0.303. The smallest absolute Gasteiger partial charge is 0.254 e. The summed E-state index contributed by atoms with van der Waals surface area (Å²) < 4.78 is 26.1. The number of halogens is 1. The zero-order valence-electron chi connectivity index (χ0n) is 21.7. The average molecular weight is 554 g/mol. The second kappa shape index (κ2) is 11.0. The van der Waals surface area contributed by atoms with Gasteiger partial charge in [0.25, 0.3) is 11.8 Å². The first-order valence-corrected chi connectivity index (χ1v) is 12.6. The molecule has 0 bridgehead atoms. The lowest BCUT2D eigenvalue weighted by Crippen LogP contribution is -2.44. The Hall–Kier alpha value is -4.32. The molecule has 210 valence electrons. The van der Waals surface area contributed by atoms with Gasteiger partial charge in [0.05, 0.1) is 20.0 Å². The number of aliphatic hydroxyl groups is 2. The number of carbonyl (C=O) groups excluding carboxylic acids is 2. The third-order valence-corrected chi connectivity index (χ3v) is 7.09. The average Bonchev–Trinajstić information content (AvgIpc) is 3.47. The molecule has 2 fully saturated rings. The molecule has 2 amide bonds. The number of nitrogen functional groups attached to an aromatic ring is 1. The minimum absolute atomic E-state index is 0.0181. The van der Waals surface area contributed by atoms with Crippen LogP contribution in [-0.4, -0.2) is 91.5 Å². The Morgan fingerprint density at radius 1 is 1.30 bits per heavy atom. The van der Waals surface area contributed by atoms with Crippen molar-refractivity contribution in [3.63, 3.8) is 0 Å². The van der Waals surface area contributed by atoms with E-state index in [1.807, 2.05) is 0 Å². The van der Waals surface area contributed by atoms with Crippen molar-refractivity contribution in [1.29, 1.82) is 0 Å². The van der Waals surface area contributed by atoms with E-state index in [4.69, 9.17) is 15.2 Å². The maximum Gasteiger partial charge on any atom is 0.254 e. The molecule has 3 heterocycles. The molecule has 2 aliphatic rings. The van der Waals surface area contributed by atoms with Crippen LogP contribution in [-0.2, 0) is 9.53 Å². The molecule has 1 aliphatic carbocycles. The fraction of sp³-hybridized carbons (Fsp3) is 0.423. The van der Waals surface area contributed by atoms with Crippen molar-refractivity contribution < 1.29 is 33.7 Å². The van der Waals surface area contributed by atoms with Crippen molar-refractivity contribution >= 4 is 28.8 Å². The van der Waals surface area contributed by atoms with E-state index in [9.17, 15) is 24.2 Å². The molecule has 1 aliphatic heterocycles. The van der Waals surface area contributed by atoms with Crippen LogP contribution in [0.4, 0.5) is 10.2 Å². The molecule has 4 atom stereocenters. The van der Waals surface area contributed by atoms with E-state index >= 15 is 0 Å². The first-order valence-electron chi connectivity index (χ1n) is 12.6. The van der Waals surface area contributed by atoms with Crippen LogP contribution in [0.25, 0.3) is 11.2 Å². The van der Waals surface area contributed by atoms with Crippen molar-refractivity contribution in [3.8, 4) is 17.6 Å². The van der Waals surface area contributed by atoms with Crippen molar-refractivity contribution in [1.82, 2.24) is 29.7 Å². The first kappa shape index (κ1) is 27.3. The molecule has 0 spiro atoms. The van der Waals surface area contributed by atoms with Crippen LogP contribution < -0.4 is 15.8 Å². The maximum atomic E-state index is 14.2. The summed E-state index contributed by atoms with van der Waals surface area (Å²) in [5.41, 5.74) is 6.65. The molecule has 3 aromatic rings. The molecule has 14 heteroatoms. The number of fused-ring (bicyclic) bond motifs is 1. The number of aromatic nitrogens is 4. The second-order valence-corrected chi connectivity index (χ2v) is 9.47. The van der Waals surface area contributed by atoms with Crippen LogP contribution in [0.5, 0.6) is 5.75 Å². The molecule has 40 heavy (non-hydrogen) atoms. The van der Waals surface area contributed by atoms with Gasteiger partial charge in [0, 0.05) is 18.7 Å². The SMILES string of the molecule is CNC(=O)C1OC(n2cnc3c(N)nc(C#CCN(C(=O)c4ccc(OC)c(F)c4)C4CCC4)nc32)[C@H](O)[C@@H]1O. The number of anilines is 1. The highest BCUT2D eigenvalue weighted by Gasteiger charge is 2.47. The van der Waals surface area contributed by atoms with Gasteiger partial charge in [-0.15, -0.1) is 0 Å². The maximum absolute atomic E-state index is 14.2. The Balaban J connectivity index is 1.40. The number of carbonyl (C=O) groups is 2. The van der Waals surface area contributed by atoms with Crippen molar-refractivity contribution in [2.75, 3.05) is 26.4 Å². The van der Waals surface area contributed by atoms with Gasteiger partial charge in [0.2, 0.25) is 5.82 Å². The number of nitrogens with one attached hydrogen (secondary N) is 1. The minimum Gasteiger partial charge on any atom is -0.494 e. The van der Waals surface area contributed by atoms with Crippen LogP contribution in [0.2, 0.25) is 0 Å². The van der Waals surface area contributed by atoms with Crippen LogP contribution in [0.1, 0.15) is 41.7 Å². The Bertz CT molecular complexity index is 1510. The summed E-state index contributed by atoms with van der Waals surface area (Å²) in [5, 5.41) is 23.2. The second-order valence-electron chi connectivity index (χ2n) is 9.47. The number of nitrogens with zero attached hydrogens (tertiary/aromatic N) is 5. The number of likely N-dealkylation sites (N-methyl/N-ethyl adjacent to an activating group) is 1. The summed E-state index contributed by atoms with van der Waals surface area (Å²) in [7, 11) is 2.74. The Morgan fingerprint density at radius 2 is 2.08 bits per heavy atom. The highest BCUT2D eigenvalue weighted by molar-refractivity contribution is 5.95. The standard InChI is InChI=1S/C26H28FN7O6/c1-29-24(37)21-19(35)20(36)26(40-21)34-12-30-18-22(28)31-17(32-23(18)34)7-4-10-33(14-5-3-6-14)25(38)13-8-9-16(39-2)15(27)11-13/h8-9,11-12,14,19-21,26,35-36H,3,5-6,10H2,1-2H3,(H,29,37)(H2,28,31,32)/t19-,20+,21?,26?/m0/s1. The number of rotatable bonds is 6. The largest absolute Gasteiger partial charge is 0.494 e. The summed E-state index contributed by atoms with van der Waals surface area (Å²) in [4.78, 5) is 39.6. The monoisotopic (exact) mass is 553 g/mol. The lowest BCUT2D eigenvalue weighted by molar-refractivity contribution is -0.137. The molecule has 1 saturated carbocycles. The van der Waals surface area contributed by atoms with Crippen molar-refractivity contribution in [3.05, 3.63) is 41.7 Å². The van der Waals surface area contributed by atoms with E-state index < -0.39 is 36.3 Å². The molecule has 1 saturated heterocycles. The fourth-order valence-electron chi connectivity index (χ4n) is 4.66. The van der Waals surface area contributed by atoms with Gasteiger partial charge < -0.3 is 35.6 Å². The third-order valence-electron chi connectivity index (χ3n) is 7.09. The van der Waals surface area contributed by atoms with Crippen LogP contribution in [0.3, 0.4) is 0 Å². The highest BCUT2D eigenvalue weighted by Crippen LogP contribution is 2.32. The normalized spacial score (nSPS) is 22.3. The Labute approximate surface area is 228 Å². The molecule has 13 nitrogen and oxygen atoms in total. The van der Waals surface area contributed by atoms with E-state index in [1.165, 1.54) is 37.2 Å². The predicted octanol–water partition coefficient (Wildman–Crippen LogP) is -0.0322. The third kappa shape index (κ3) is 4.90. The van der Waals surface area contributed by atoms with Gasteiger partial charge in [0.1, 0.15) is 17.7 Å². The van der Waals surface area contributed by atoms with E-state index in [0.717, 1.165) is 25.3 Å². The highest BCUT2D eigenvalue weighted by atomic mass is 19.1. The molecular weight excluding hydrogens is 525 g/mol. The Morgan fingerprint density at radius 3 is 2.73 bits per heavy atom. The minimum atomic E-state index is -1.48. The topological polar surface area (TPSA) is 178 Å². The predicted molar refractivity (Wildman–Crippen MR) is 138 cm³/mol. The van der Waals surface area contributed by atoms with E-state index in [2.05, 4.69) is 32.1 Å². The van der Waals surface area contributed by atoms with E-state index in [1.54, 1.807) is 4.90 Å². The van der Waals surface area contributed by atoms with Crippen LogP contribution >= 0.6 is 0 Å². The summed E-state index contributed by atoms with van der Waals surface area (Å²) in [6, 6.07) is 4.03. The number of amides is 2. The summed E-state index contributed by atoms with van der Waals surface area (Å²) in [5.74, 6) is 4.23. The molecule has 1 aromatic carbocycles. The van der Waals surface area contributed by atoms with Gasteiger partial charge in [-0.25, -0.2) is 19.3 Å². The van der Waals surface area contributed by atoms with Gasteiger partial charge >= 0.3 is 0 Å². The zero-order chi connectivity index (χ0) is 28.6. The van der Waals surface area contributed by atoms with Gasteiger partial charge in [-0.2, -0.15) is 0 Å². The van der Waals surface area contributed by atoms with Gasteiger partial charge in [-0.05, 0) is 43.4 Å². The number of aliphatic hydroxyl groups excluding tert-OH is 2. The number of hydrogen-bond donors (Lipinski definition) is 4. The zero-order valence-corrected chi connectivity index (χ0v) is 21.7. The van der Waals surface area contributed by atoms with Gasteiger partial charge in [0.15, 0.2) is 35.4 Å². The summed E-state index contributed by atoms with van der Waals surface area (Å²) in [6.45, 7) is 0.0438. The number of nitrogens with two attached hydrogens (primary N) is 1. The summed E-state index contributed by atoms with van der Waals surface area (Å²) >= 11 is 0. The van der Waals surface area contributed by atoms with Crippen molar-refractivity contribution in [2.24, 2.45) is 0 Å². The fourth-order valence-corrected chi connectivity index (χ4v) is 4.66. The number of hydrogen-bond acceptors (Lipinski definition) is 10. The number of imidazole rings is 1. The van der Waals surface area contributed by atoms with Gasteiger partial charge in [-0.1, -0.05) is 5.92 Å². The molecule has 5 rings (SSSR count). The van der Waals surface area contributed by atoms with E-state index in [-0.39, 0.29) is 52.6 Å². The van der Waals surface area contributed by atoms with Crippen molar-refractivity contribution in [2.45, 2.75) is 49.8 Å². The first-order chi connectivity index (χ1) is 19.2. The number of ether oxygens (including phenoxy) is 2. The lowest BCUT2D eigenvalue weighted by Gasteiger charge is -2.36. The molecule has 5 N–H and O–H groups in total. The molecule has 2 unspecified atom stereocenters. The van der Waals surface area contributed by atoms with Crippen LogP contribution in [0.15, 0.2) is 24.5 Å². The lowest BCUT2D eigenvalue weighted by atomic mass is 9.91.